The monoisotopic (exact) mass is 608 g/mol. The Morgan fingerprint density at radius 1 is 0.956 bits per heavy atom. The first kappa shape index (κ1) is 28.9. The molecule has 1 unspecified atom stereocenters. The molecule has 7 rings (SSSR count). The highest BCUT2D eigenvalue weighted by atomic mass is 16.5. The second-order valence-corrected chi connectivity index (χ2v) is 11.8. The Labute approximate surface area is 260 Å². The van der Waals surface area contributed by atoms with Gasteiger partial charge in [0.25, 0.3) is 0 Å². The number of aromatic nitrogens is 2. The lowest BCUT2D eigenvalue weighted by Gasteiger charge is -2.52. The normalized spacial score (nSPS) is 19.6. The van der Waals surface area contributed by atoms with Crippen molar-refractivity contribution < 1.29 is 18.9 Å². The standard InChI is InChI=1S/C33H36N8O4/c42-31-22-40-30(20-38(31)18-25-8-4-10-28-27(25)9-5-13-35-28)41(33(44)36-17-23-6-2-1-3-7-23)39(21-32(40)43)19-26-16-29(37-45-26)24-11-14-34-15-12-24/h1-10,13,16,24,30,34H,11-12,14-15,17-22H2,(H,36,44). The van der Waals surface area contributed by atoms with E-state index in [9.17, 15) is 14.4 Å². The predicted octanol–water partition coefficient (Wildman–Crippen LogP) is 2.83. The van der Waals surface area contributed by atoms with Crippen LogP contribution in [0.15, 0.2) is 77.4 Å². The number of rotatable bonds is 7. The molecule has 0 aliphatic carbocycles. The average molecular weight is 609 g/mol. The van der Waals surface area contributed by atoms with Crippen LogP contribution in [-0.2, 0) is 29.2 Å². The van der Waals surface area contributed by atoms with E-state index in [-0.39, 0.29) is 44.0 Å². The molecule has 0 saturated carbocycles. The molecule has 3 fully saturated rings. The first-order valence-corrected chi connectivity index (χ1v) is 15.5. The van der Waals surface area contributed by atoms with E-state index in [2.05, 4.69) is 20.8 Å². The Kier molecular flexibility index (Phi) is 8.14. The highest BCUT2D eigenvalue weighted by Crippen LogP contribution is 2.29. The molecule has 0 radical (unpaired) electrons. The molecule has 3 aliphatic rings. The van der Waals surface area contributed by atoms with Gasteiger partial charge < -0.3 is 25.0 Å². The van der Waals surface area contributed by atoms with Crippen molar-refractivity contribution in [1.82, 2.24) is 40.6 Å². The van der Waals surface area contributed by atoms with Crippen molar-refractivity contribution in [2.75, 3.05) is 32.7 Å². The minimum Gasteiger partial charge on any atom is -0.360 e. The summed E-state index contributed by atoms with van der Waals surface area (Å²) < 4.78 is 5.74. The number of amides is 4. The highest BCUT2D eigenvalue weighted by molar-refractivity contribution is 5.89. The molecule has 1 atom stereocenters. The van der Waals surface area contributed by atoms with E-state index in [1.54, 1.807) is 21.1 Å². The summed E-state index contributed by atoms with van der Waals surface area (Å²) in [6.07, 6.45) is 3.01. The first-order valence-electron chi connectivity index (χ1n) is 15.5. The van der Waals surface area contributed by atoms with Gasteiger partial charge in [-0.15, -0.1) is 0 Å². The third kappa shape index (κ3) is 6.11. The Balaban J connectivity index is 1.16. The molecule has 2 N–H and O–H groups in total. The van der Waals surface area contributed by atoms with Crippen molar-refractivity contribution >= 4 is 28.7 Å². The fraction of sp³-hybridized carbons (Fsp3) is 0.364. The number of carbonyl (C=O) groups excluding carboxylic acids is 3. The third-order valence-electron chi connectivity index (χ3n) is 8.89. The number of hydrogen-bond acceptors (Lipinski definition) is 8. The lowest BCUT2D eigenvalue weighted by atomic mass is 9.94. The third-order valence-corrected chi connectivity index (χ3v) is 8.89. The number of urea groups is 1. The van der Waals surface area contributed by atoms with Gasteiger partial charge in [-0.3, -0.25) is 14.6 Å². The van der Waals surface area contributed by atoms with Crippen LogP contribution >= 0.6 is 0 Å². The Bertz CT molecular complexity index is 1680. The van der Waals surface area contributed by atoms with Crippen molar-refractivity contribution in [2.24, 2.45) is 0 Å². The molecular weight excluding hydrogens is 572 g/mol. The van der Waals surface area contributed by atoms with Crippen LogP contribution in [0, 0.1) is 0 Å². The predicted molar refractivity (Wildman–Crippen MR) is 165 cm³/mol. The van der Waals surface area contributed by atoms with Gasteiger partial charge in [-0.1, -0.05) is 53.7 Å². The minimum absolute atomic E-state index is 0.0685. The number of piperidine rings is 1. The number of hydrogen-bond donors (Lipinski definition) is 2. The van der Waals surface area contributed by atoms with E-state index >= 15 is 0 Å². The van der Waals surface area contributed by atoms with Gasteiger partial charge in [-0.05, 0) is 49.2 Å². The summed E-state index contributed by atoms with van der Waals surface area (Å²) in [6.45, 7) is 2.70. The molecule has 4 amide bonds. The van der Waals surface area contributed by atoms with Crippen molar-refractivity contribution in [2.45, 2.75) is 44.6 Å². The van der Waals surface area contributed by atoms with Crippen molar-refractivity contribution in [3.8, 4) is 0 Å². The molecule has 0 spiro atoms. The summed E-state index contributed by atoms with van der Waals surface area (Å²) in [6, 6.07) is 21.0. The van der Waals surface area contributed by atoms with Crippen LogP contribution in [0.5, 0.6) is 0 Å². The largest absolute Gasteiger partial charge is 0.360 e. The molecule has 4 aromatic rings. The molecule has 2 aromatic heterocycles. The van der Waals surface area contributed by atoms with E-state index in [0.717, 1.165) is 53.7 Å². The SMILES string of the molecule is O=C1CN2C(=O)CN(Cc3cc(C4CCNCC4)no3)N(C(=O)NCc3ccccc3)C2CN1Cc1cccc2ncccc12. The minimum atomic E-state index is -0.695. The summed E-state index contributed by atoms with van der Waals surface area (Å²) in [5.74, 6) is 0.514. The fourth-order valence-electron chi connectivity index (χ4n) is 6.53. The number of piperazine rings is 1. The number of hydrazine groups is 1. The van der Waals surface area contributed by atoms with E-state index in [4.69, 9.17) is 4.52 Å². The maximum absolute atomic E-state index is 14.0. The highest BCUT2D eigenvalue weighted by Gasteiger charge is 2.47. The van der Waals surface area contributed by atoms with Gasteiger partial charge in [0.05, 0.1) is 30.8 Å². The van der Waals surface area contributed by atoms with E-state index < -0.39 is 6.17 Å². The number of nitrogens with one attached hydrogen (secondary N) is 2. The molecule has 0 bridgehead atoms. The van der Waals surface area contributed by atoms with Gasteiger partial charge in [0.2, 0.25) is 11.8 Å². The van der Waals surface area contributed by atoms with Crippen LogP contribution in [-0.4, -0.2) is 86.7 Å². The zero-order valence-electron chi connectivity index (χ0n) is 25.0. The van der Waals surface area contributed by atoms with Gasteiger partial charge in [0, 0.05) is 36.7 Å². The van der Waals surface area contributed by atoms with Gasteiger partial charge in [-0.25, -0.2) is 9.80 Å². The summed E-state index contributed by atoms with van der Waals surface area (Å²) in [4.78, 5) is 48.6. The molecule has 5 heterocycles. The number of pyridine rings is 1. The number of nitrogens with zero attached hydrogens (tertiary/aromatic N) is 6. The van der Waals surface area contributed by atoms with Gasteiger partial charge >= 0.3 is 6.03 Å². The van der Waals surface area contributed by atoms with Crippen LogP contribution in [0.3, 0.4) is 0 Å². The second-order valence-electron chi connectivity index (χ2n) is 11.8. The number of benzene rings is 2. The van der Waals surface area contributed by atoms with Gasteiger partial charge in [0.15, 0.2) is 5.76 Å². The van der Waals surface area contributed by atoms with Crippen LogP contribution in [0.4, 0.5) is 4.79 Å². The second kappa shape index (κ2) is 12.7. The fourth-order valence-corrected chi connectivity index (χ4v) is 6.53. The number of carbonyl (C=O) groups is 3. The zero-order chi connectivity index (χ0) is 30.8. The average Bonchev–Trinajstić information content (AvgIpc) is 3.54. The summed E-state index contributed by atoms with van der Waals surface area (Å²) in [5, 5.41) is 15.0. The topological polar surface area (TPSA) is 127 Å². The first-order chi connectivity index (χ1) is 22.0. The Hall–Kier alpha value is -4.81. The zero-order valence-corrected chi connectivity index (χ0v) is 25.0. The summed E-state index contributed by atoms with van der Waals surface area (Å²) in [7, 11) is 0. The molecule has 12 heteroatoms. The lowest BCUT2D eigenvalue weighted by Crippen LogP contribution is -2.73. The smallest absolute Gasteiger partial charge is 0.334 e. The van der Waals surface area contributed by atoms with Crippen LogP contribution in [0.2, 0.25) is 0 Å². The summed E-state index contributed by atoms with van der Waals surface area (Å²) >= 11 is 0. The van der Waals surface area contributed by atoms with Crippen LogP contribution in [0.25, 0.3) is 10.9 Å². The molecule has 232 valence electrons. The molecule has 3 aliphatic heterocycles. The van der Waals surface area contributed by atoms with Crippen LogP contribution < -0.4 is 10.6 Å². The van der Waals surface area contributed by atoms with E-state index in [0.29, 0.717) is 24.8 Å². The molecule has 45 heavy (non-hydrogen) atoms. The molecule has 3 saturated heterocycles. The van der Waals surface area contributed by atoms with Gasteiger partial charge in [-0.2, -0.15) is 5.01 Å². The van der Waals surface area contributed by atoms with Crippen molar-refractivity contribution in [3.05, 3.63) is 95.5 Å². The quantitative estimate of drug-likeness (QED) is 0.328. The maximum Gasteiger partial charge on any atom is 0.334 e. The Morgan fingerprint density at radius 2 is 1.80 bits per heavy atom. The molecule has 12 nitrogen and oxygen atoms in total. The lowest BCUT2D eigenvalue weighted by molar-refractivity contribution is -0.184. The van der Waals surface area contributed by atoms with E-state index in [1.165, 1.54) is 4.90 Å². The number of fused-ring (bicyclic) bond motifs is 2. The Morgan fingerprint density at radius 3 is 2.64 bits per heavy atom. The van der Waals surface area contributed by atoms with Crippen LogP contribution in [0.1, 0.15) is 41.3 Å². The molecule has 2 aromatic carbocycles. The maximum atomic E-state index is 14.0. The van der Waals surface area contributed by atoms with Crippen molar-refractivity contribution in [3.63, 3.8) is 0 Å². The van der Waals surface area contributed by atoms with Gasteiger partial charge in [0.1, 0.15) is 12.7 Å². The van der Waals surface area contributed by atoms with E-state index in [1.807, 2.05) is 66.7 Å². The summed E-state index contributed by atoms with van der Waals surface area (Å²) in [5.41, 5.74) is 3.65. The van der Waals surface area contributed by atoms with Crippen molar-refractivity contribution in [1.29, 1.82) is 0 Å². The molecular formula is C33H36N8O4.